The molecule has 4 aliphatic carbocycles. The molecule has 8 heteroatoms. The molecule has 8 nitrogen and oxygen atoms in total. The van der Waals surface area contributed by atoms with Gasteiger partial charge in [0.25, 0.3) is 0 Å². The van der Waals surface area contributed by atoms with Crippen molar-refractivity contribution >= 4 is 17.7 Å². The van der Waals surface area contributed by atoms with E-state index in [1.54, 1.807) is 39.8 Å². The van der Waals surface area contributed by atoms with Crippen molar-refractivity contribution in [1.29, 1.82) is 0 Å². The minimum absolute atomic E-state index is 0.0950. The van der Waals surface area contributed by atoms with E-state index in [4.69, 9.17) is 9.47 Å². The van der Waals surface area contributed by atoms with Crippen molar-refractivity contribution in [3.8, 4) is 0 Å². The standard InChI is InChI=1S/C31H46O8/c1-9-10-11-12-21(33)39-30-15-18(3)29-14-17(2)25(38-26(36)27(4,5)6)31(29,37)23(34)19(16-32)13-20(24(29)35)22(30)28(30,7)8/h13-14,18,20,22-23,25,32,34,37H,9-12,15-16H2,1-8H3/t18-,20+,22-,23-,25+,29+,30+,31+/m1/s1. The molecule has 0 radical (unpaired) electrons. The number of hydrogen-bond acceptors (Lipinski definition) is 8. The van der Waals surface area contributed by atoms with Gasteiger partial charge in [0.1, 0.15) is 11.7 Å². The van der Waals surface area contributed by atoms with Crippen molar-refractivity contribution in [1.82, 2.24) is 0 Å². The molecule has 2 bridgehead atoms. The number of esters is 2. The average molecular weight is 547 g/mol. The molecule has 0 unspecified atom stereocenters. The number of rotatable bonds is 7. The van der Waals surface area contributed by atoms with Crippen LogP contribution in [0.15, 0.2) is 23.3 Å². The number of ether oxygens (including phenoxy) is 2. The van der Waals surface area contributed by atoms with Crippen LogP contribution < -0.4 is 0 Å². The van der Waals surface area contributed by atoms with E-state index in [2.05, 4.69) is 6.92 Å². The molecule has 4 rings (SSSR count). The SMILES string of the molecule is CCCCCC(=O)O[C@@]12C[C@@H](C)[C@]34C=C(C)[C@H](OC(=O)C(C)(C)C)[C@@]3(O)[C@H](O)C(CO)=C[C@H](C4=O)[C@@H]1C2(C)C. The van der Waals surface area contributed by atoms with Crippen LogP contribution in [-0.4, -0.2) is 63.1 Å². The van der Waals surface area contributed by atoms with Gasteiger partial charge >= 0.3 is 11.9 Å². The van der Waals surface area contributed by atoms with E-state index in [0.29, 0.717) is 18.4 Å². The quantitative estimate of drug-likeness (QED) is 0.251. The lowest BCUT2D eigenvalue weighted by Crippen LogP contribution is -2.66. The van der Waals surface area contributed by atoms with E-state index in [1.807, 2.05) is 20.8 Å². The van der Waals surface area contributed by atoms with Gasteiger partial charge in [0.15, 0.2) is 17.5 Å². The lowest BCUT2D eigenvalue weighted by Gasteiger charge is -2.49. The number of ketones is 1. The molecule has 218 valence electrons. The first-order chi connectivity index (χ1) is 18.0. The summed E-state index contributed by atoms with van der Waals surface area (Å²) in [6.45, 7) is 14.0. The molecular formula is C31H46O8. The maximum atomic E-state index is 14.7. The monoisotopic (exact) mass is 546 g/mol. The van der Waals surface area contributed by atoms with Gasteiger partial charge in [0.05, 0.1) is 17.4 Å². The fraction of sp³-hybridized carbons (Fsp3) is 0.774. The number of allylic oxidation sites excluding steroid dienone is 1. The second-order valence-corrected chi connectivity index (χ2v) is 13.9. The van der Waals surface area contributed by atoms with Crippen LogP contribution in [0.2, 0.25) is 0 Å². The minimum Gasteiger partial charge on any atom is -0.458 e. The normalized spacial score (nSPS) is 40.4. The molecule has 0 amide bonds. The van der Waals surface area contributed by atoms with Gasteiger partial charge in [-0.25, -0.2) is 0 Å². The topological polar surface area (TPSA) is 130 Å². The number of unbranched alkanes of at least 4 members (excludes halogenated alkanes) is 2. The molecule has 0 heterocycles. The lowest BCUT2D eigenvalue weighted by atomic mass is 9.59. The number of hydrogen-bond donors (Lipinski definition) is 3. The van der Waals surface area contributed by atoms with E-state index in [1.165, 1.54) is 0 Å². The van der Waals surface area contributed by atoms with E-state index in [0.717, 1.165) is 19.3 Å². The molecule has 0 aromatic carbocycles. The third-order valence-corrected chi connectivity index (χ3v) is 10.1. The zero-order chi connectivity index (χ0) is 29.3. The predicted molar refractivity (Wildman–Crippen MR) is 144 cm³/mol. The summed E-state index contributed by atoms with van der Waals surface area (Å²) in [7, 11) is 0. The minimum atomic E-state index is -2.24. The zero-order valence-electron chi connectivity index (χ0n) is 24.7. The van der Waals surface area contributed by atoms with Gasteiger partial charge < -0.3 is 24.8 Å². The highest BCUT2D eigenvalue weighted by Gasteiger charge is 2.83. The molecule has 2 saturated carbocycles. The summed E-state index contributed by atoms with van der Waals surface area (Å²) < 4.78 is 12.1. The van der Waals surface area contributed by atoms with Crippen molar-refractivity contribution in [3.63, 3.8) is 0 Å². The molecule has 0 aromatic heterocycles. The average Bonchev–Trinajstić information content (AvgIpc) is 3.23. The summed E-state index contributed by atoms with van der Waals surface area (Å²) in [5.74, 6) is -2.99. The van der Waals surface area contributed by atoms with E-state index in [-0.39, 0.29) is 17.3 Å². The Morgan fingerprint density at radius 3 is 2.38 bits per heavy atom. The van der Waals surface area contributed by atoms with Crippen molar-refractivity contribution in [2.24, 2.45) is 34.0 Å². The van der Waals surface area contributed by atoms with Gasteiger partial charge in [0.2, 0.25) is 0 Å². The Balaban J connectivity index is 1.85. The largest absolute Gasteiger partial charge is 0.458 e. The Bertz CT molecular complexity index is 1110. The third kappa shape index (κ3) is 3.99. The summed E-state index contributed by atoms with van der Waals surface area (Å²) in [5.41, 5.74) is -5.68. The second kappa shape index (κ2) is 9.52. The summed E-state index contributed by atoms with van der Waals surface area (Å²) in [6.07, 6.45) is 3.49. The summed E-state index contributed by atoms with van der Waals surface area (Å²) in [5, 5.41) is 34.5. The van der Waals surface area contributed by atoms with Crippen molar-refractivity contribution in [2.45, 2.75) is 111 Å². The molecule has 4 aliphatic rings. The van der Waals surface area contributed by atoms with Gasteiger partial charge in [-0.15, -0.1) is 0 Å². The van der Waals surface area contributed by atoms with Crippen LogP contribution in [0, 0.1) is 34.0 Å². The fourth-order valence-corrected chi connectivity index (χ4v) is 7.95. The number of Topliss-reactive ketones (excluding diaryl/α,β-unsaturated/α-hetero) is 1. The van der Waals surface area contributed by atoms with E-state index >= 15 is 0 Å². The first-order valence-corrected chi connectivity index (χ1v) is 14.4. The molecule has 39 heavy (non-hydrogen) atoms. The van der Waals surface area contributed by atoms with Crippen LogP contribution >= 0.6 is 0 Å². The van der Waals surface area contributed by atoms with Crippen molar-refractivity contribution in [3.05, 3.63) is 23.3 Å². The van der Waals surface area contributed by atoms with Crippen LogP contribution in [0.25, 0.3) is 0 Å². The van der Waals surface area contributed by atoms with Crippen molar-refractivity contribution in [2.75, 3.05) is 6.61 Å². The van der Waals surface area contributed by atoms with Gasteiger partial charge in [-0.3, -0.25) is 14.4 Å². The van der Waals surface area contributed by atoms with Crippen LogP contribution in [0.3, 0.4) is 0 Å². The Morgan fingerprint density at radius 2 is 1.82 bits per heavy atom. The Labute approximate surface area is 231 Å². The Hall–Kier alpha value is -2.03. The van der Waals surface area contributed by atoms with E-state index in [9.17, 15) is 29.7 Å². The van der Waals surface area contributed by atoms with Crippen LogP contribution in [0.5, 0.6) is 0 Å². The van der Waals surface area contributed by atoms with Gasteiger partial charge in [-0.05, 0) is 57.6 Å². The summed E-state index contributed by atoms with van der Waals surface area (Å²) in [6, 6.07) is 0. The highest BCUT2D eigenvalue weighted by Crippen LogP contribution is 2.75. The number of carbonyl (C=O) groups excluding carboxylic acids is 3. The zero-order valence-corrected chi connectivity index (χ0v) is 24.7. The summed E-state index contributed by atoms with van der Waals surface area (Å²) >= 11 is 0. The van der Waals surface area contributed by atoms with Crippen molar-refractivity contribution < 1.29 is 39.2 Å². The molecule has 0 aliphatic heterocycles. The number of aliphatic hydroxyl groups is 3. The first kappa shape index (κ1) is 29.9. The van der Waals surface area contributed by atoms with Gasteiger partial charge in [0, 0.05) is 23.7 Å². The van der Waals surface area contributed by atoms with Gasteiger partial charge in [-0.2, -0.15) is 0 Å². The van der Waals surface area contributed by atoms with Gasteiger partial charge in [-0.1, -0.05) is 52.7 Å². The summed E-state index contributed by atoms with van der Waals surface area (Å²) in [4.78, 5) is 40.7. The molecule has 2 fully saturated rings. The van der Waals surface area contributed by atoms with Crippen LogP contribution in [0.1, 0.15) is 87.5 Å². The van der Waals surface area contributed by atoms with E-state index < -0.39 is 70.0 Å². The smallest absolute Gasteiger partial charge is 0.311 e. The molecule has 3 N–H and O–H groups in total. The highest BCUT2D eigenvalue weighted by molar-refractivity contribution is 5.96. The predicted octanol–water partition coefficient (Wildman–Crippen LogP) is 3.66. The first-order valence-electron chi connectivity index (χ1n) is 14.4. The van der Waals surface area contributed by atoms with Crippen LogP contribution in [0.4, 0.5) is 0 Å². The number of aliphatic hydroxyl groups excluding tert-OH is 2. The fourth-order valence-electron chi connectivity index (χ4n) is 7.95. The molecular weight excluding hydrogens is 500 g/mol. The third-order valence-electron chi connectivity index (χ3n) is 10.1. The number of fused-ring (bicyclic) bond motifs is 3. The molecule has 1 spiro atoms. The maximum Gasteiger partial charge on any atom is 0.311 e. The molecule has 8 atom stereocenters. The maximum absolute atomic E-state index is 14.7. The molecule has 0 aromatic rings. The number of carbonyl (C=O) groups is 3. The Kier molecular flexibility index (Phi) is 7.31. The second-order valence-electron chi connectivity index (χ2n) is 13.9. The Morgan fingerprint density at radius 1 is 1.18 bits per heavy atom. The molecule has 0 saturated heterocycles. The highest BCUT2D eigenvalue weighted by atomic mass is 16.6. The van der Waals surface area contributed by atoms with Crippen LogP contribution in [-0.2, 0) is 23.9 Å². The lowest BCUT2D eigenvalue weighted by molar-refractivity contribution is -0.208.